The van der Waals surface area contributed by atoms with Crippen molar-refractivity contribution in [2.75, 3.05) is 32.9 Å². The molecule has 0 N–H and O–H groups in total. The van der Waals surface area contributed by atoms with Gasteiger partial charge < -0.3 is 18.9 Å². The topological polar surface area (TPSA) is 95.1 Å². The number of carbonyl (C=O) groups excluding carboxylic acids is 2. The van der Waals surface area contributed by atoms with Gasteiger partial charge in [0.25, 0.3) is 5.56 Å². The molecule has 1 saturated heterocycles. The SMILES string of the molecule is CCOC(=O)C1=C(c2ccccc2)N=c2s/c(=C/c3cn(CC(=O)N4CCOCC4)c4ccccc34)c(=O)n2[C@@H]1c1ccc(F)cc1. The molecular formula is C36H31FN4O5S. The highest BCUT2D eigenvalue weighted by atomic mass is 32.1. The molecule has 4 heterocycles. The maximum absolute atomic E-state index is 14.3. The van der Waals surface area contributed by atoms with Crippen LogP contribution in [0.25, 0.3) is 22.7 Å². The minimum atomic E-state index is -0.907. The number of ether oxygens (including phenoxy) is 2. The molecule has 11 heteroatoms. The Balaban J connectivity index is 1.40. The summed E-state index contributed by atoms with van der Waals surface area (Å²) < 4.78 is 28.8. The predicted octanol–water partition coefficient (Wildman–Crippen LogP) is 3.89. The standard InChI is InChI=1S/C36H31FN4O5S/c1-2-46-35(44)31-32(23-8-4-3-5-9-23)38-36-41(33(31)24-12-14-26(37)15-13-24)34(43)29(47-36)20-25-21-40(28-11-7-6-10-27(25)28)22-30(42)39-16-18-45-19-17-39/h3-15,20-21,33H,2,16-19,22H2,1H3/b29-20+/t33-/m1/s1. The third-order valence-corrected chi connectivity index (χ3v) is 9.32. The van der Waals surface area contributed by atoms with Gasteiger partial charge in [0.1, 0.15) is 12.4 Å². The maximum atomic E-state index is 14.3. The van der Waals surface area contributed by atoms with Crippen LogP contribution >= 0.6 is 11.3 Å². The highest BCUT2D eigenvalue weighted by Gasteiger charge is 2.35. The molecule has 238 valence electrons. The van der Waals surface area contributed by atoms with Crippen molar-refractivity contribution in [3.8, 4) is 0 Å². The van der Waals surface area contributed by atoms with Crippen molar-refractivity contribution in [1.82, 2.24) is 14.0 Å². The van der Waals surface area contributed by atoms with Crippen molar-refractivity contribution in [1.29, 1.82) is 0 Å². The fraction of sp³-hybridized carbons (Fsp3) is 0.222. The third kappa shape index (κ3) is 5.84. The number of amides is 1. The van der Waals surface area contributed by atoms with Crippen molar-refractivity contribution in [3.05, 3.63) is 133 Å². The fourth-order valence-corrected chi connectivity index (χ4v) is 7.11. The van der Waals surface area contributed by atoms with Gasteiger partial charge in [0.2, 0.25) is 5.91 Å². The van der Waals surface area contributed by atoms with Crippen LogP contribution < -0.4 is 14.9 Å². The lowest BCUT2D eigenvalue weighted by Crippen LogP contribution is -2.42. The summed E-state index contributed by atoms with van der Waals surface area (Å²) in [6.45, 7) is 4.15. The van der Waals surface area contributed by atoms with Crippen LogP contribution in [0.1, 0.15) is 29.7 Å². The van der Waals surface area contributed by atoms with E-state index in [1.165, 1.54) is 28.0 Å². The molecule has 7 rings (SSSR count). The first kappa shape index (κ1) is 30.5. The average Bonchev–Trinajstić information content (AvgIpc) is 3.61. The zero-order valence-corrected chi connectivity index (χ0v) is 26.4. The van der Waals surface area contributed by atoms with E-state index < -0.39 is 17.8 Å². The zero-order valence-electron chi connectivity index (χ0n) is 25.6. The molecule has 3 aromatic carbocycles. The molecule has 5 aromatic rings. The number of nitrogens with zero attached hydrogens (tertiary/aromatic N) is 4. The number of aromatic nitrogens is 2. The lowest BCUT2D eigenvalue weighted by atomic mass is 9.93. The molecule has 0 aliphatic carbocycles. The first-order valence-electron chi connectivity index (χ1n) is 15.4. The number of para-hydroxylation sites is 1. The molecule has 1 amide bonds. The van der Waals surface area contributed by atoms with E-state index in [2.05, 4.69) is 0 Å². The normalized spacial score (nSPS) is 16.7. The largest absolute Gasteiger partial charge is 0.463 e. The lowest BCUT2D eigenvalue weighted by Gasteiger charge is -2.27. The van der Waals surface area contributed by atoms with E-state index >= 15 is 0 Å². The number of thiazole rings is 1. The van der Waals surface area contributed by atoms with E-state index in [4.69, 9.17) is 14.5 Å². The Labute approximate surface area is 273 Å². The smallest absolute Gasteiger partial charge is 0.338 e. The van der Waals surface area contributed by atoms with E-state index in [1.807, 2.05) is 65.4 Å². The van der Waals surface area contributed by atoms with Crippen LogP contribution in [0.15, 0.2) is 100 Å². The number of benzene rings is 3. The summed E-state index contributed by atoms with van der Waals surface area (Å²) in [5, 5.41) is 0.889. The van der Waals surface area contributed by atoms with E-state index in [0.717, 1.165) is 16.5 Å². The maximum Gasteiger partial charge on any atom is 0.338 e. The Morgan fingerprint density at radius 2 is 1.74 bits per heavy atom. The van der Waals surface area contributed by atoms with Gasteiger partial charge in [-0.1, -0.05) is 72.0 Å². The zero-order chi connectivity index (χ0) is 32.5. The van der Waals surface area contributed by atoms with E-state index in [9.17, 15) is 18.8 Å². The molecule has 1 atom stereocenters. The Morgan fingerprint density at radius 3 is 2.49 bits per heavy atom. The Kier molecular flexibility index (Phi) is 8.40. The van der Waals surface area contributed by atoms with Crippen LogP contribution in [0, 0.1) is 5.82 Å². The number of hydrogen-bond donors (Lipinski definition) is 0. The van der Waals surface area contributed by atoms with Crippen LogP contribution in [-0.2, 0) is 25.6 Å². The monoisotopic (exact) mass is 650 g/mol. The first-order chi connectivity index (χ1) is 22.9. The number of fused-ring (bicyclic) bond motifs is 2. The molecule has 0 unspecified atom stereocenters. The van der Waals surface area contributed by atoms with Gasteiger partial charge in [-0.25, -0.2) is 14.2 Å². The van der Waals surface area contributed by atoms with Crippen molar-refractivity contribution in [2.24, 2.45) is 4.99 Å². The second kappa shape index (κ2) is 12.9. The molecule has 47 heavy (non-hydrogen) atoms. The number of esters is 1. The Bertz CT molecular complexity index is 2200. The van der Waals surface area contributed by atoms with Crippen molar-refractivity contribution in [3.63, 3.8) is 0 Å². The quantitative estimate of drug-likeness (QED) is 0.249. The number of rotatable bonds is 7. The Hall–Kier alpha value is -5.13. The molecule has 2 aliphatic heterocycles. The van der Waals surface area contributed by atoms with Crippen LogP contribution in [0.2, 0.25) is 0 Å². The summed E-state index contributed by atoms with van der Waals surface area (Å²) in [5.41, 5.74) is 3.11. The van der Waals surface area contributed by atoms with Crippen molar-refractivity contribution < 1.29 is 23.5 Å². The molecule has 2 aliphatic rings. The second-order valence-electron chi connectivity index (χ2n) is 11.2. The minimum absolute atomic E-state index is 0.000731. The van der Waals surface area contributed by atoms with Crippen LogP contribution in [0.4, 0.5) is 4.39 Å². The summed E-state index contributed by atoms with van der Waals surface area (Å²) in [6.07, 6.45) is 3.69. The van der Waals surface area contributed by atoms with Gasteiger partial charge in [0, 0.05) is 41.3 Å². The van der Waals surface area contributed by atoms with Crippen molar-refractivity contribution >= 4 is 45.9 Å². The summed E-state index contributed by atoms with van der Waals surface area (Å²) in [4.78, 5) is 48.2. The number of halogens is 1. The van der Waals surface area contributed by atoms with Crippen LogP contribution in [0.5, 0.6) is 0 Å². The number of carbonyl (C=O) groups is 2. The number of morpholine rings is 1. The number of hydrogen-bond acceptors (Lipinski definition) is 7. The van der Waals surface area contributed by atoms with Gasteiger partial charge in [-0.15, -0.1) is 0 Å². The molecule has 0 spiro atoms. The van der Waals surface area contributed by atoms with Crippen LogP contribution in [0.3, 0.4) is 0 Å². The van der Waals surface area contributed by atoms with Gasteiger partial charge in [-0.2, -0.15) is 0 Å². The van der Waals surface area contributed by atoms with E-state index in [0.29, 0.717) is 52.5 Å². The average molecular weight is 651 g/mol. The fourth-order valence-electron chi connectivity index (χ4n) is 6.12. The van der Waals surface area contributed by atoms with Gasteiger partial charge in [0.15, 0.2) is 4.80 Å². The Morgan fingerprint density at radius 1 is 1.02 bits per heavy atom. The summed E-state index contributed by atoms with van der Waals surface area (Å²) in [5.74, 6) is -1.04. The van der Waals surface area contributed by atoms with Crippen molar-refractivity contribution in [2.45, 2.75) is 19.5 Å². The van der Waals surface area contributed by atoms with Gasteiger partial charge in [-0.3, -0.25) is 14.2 Å². The molecule has 2 aromatic heterocycles. The lowest BCUT2D eigenvalue weighted by molar-refractivity contribution is -0.139. The summed E-state index contributed by atoms with van der Waals surface area (Å²) in [6, 6.07) is 21.9. The summed E-state index contributed by atoms with van der Waals surface area (Å²) in [7, 11) is 0. The van der Waals surface area contributed by atoms with E-state index in [1.54, 1.807) is 30.0 Å². The second-order valence-corrected chi connectivity index (χ2v) is 12.2. The first-order valence-corrected chi connectivity index (χ1v) is 16.2. The molecule has 1 fully saturated rings. The van der Waals surface area contributed by atoms with Gasteiger partial charge in [0.05, 0.1) is 41.7 Å². The molecule has 0 radical (unpaired) electrons. The molecule has 9 nitrogen and oxygen atoms in total. The molecule has 0 saturated carbocycles. The summed E-state index contributed by atoms with van der Waals surface area (Å²) >= 11 is 1.21. The minimum Gasteiger partial charge on any atom is -0.463 e. The van der Waals surface area contributed by atoms with Gasteiger partial charge >= 0.3 is 5.97 Å². The van der Waals surface area contributed by atoms with Crippen LogP contribution in [-0.4, -0.2) is 58.8 Å². The highest BCUT2D eigenvalue weighted by molar-refractivity contribution is 7.07. The highest BCUT2D eigenvalue weighted by Crippen LogP contribution is 2.35. The molecular weight excluding hydrogens is 619 g/mol. The third-order valence-electron chi connectivity index (χ3n) is 8.33. The molecule has 0 bridgehead atoms. The van der Waals surface area contributed by atoms with E-state index in [-0.39, 0.29) is 30.2 Å². The predicted molar refractivity (Wildman–Crippen MR) is 177 cm³/mol. The van der Waals surface area contributed by atoms with Gasteiger partial charge in [-0.05, 0) is 36.8 Å².